The third-order valence-electron chi connectivity index (χ3n) is 3.05. The Hall–Kier alpha value is -0.0800. The first-order valence-corrected chi connectivity index (χ1v) is 6.50. The Labute approximate surface area is 94.8 Å². The summed E-state index contributed by atoms with van der Waals surface area (Å²) in [6.45, 7) is 10.1. The highest BCUT2D eigenvalue weighted by Crippen LogP contribution is 2.19. The molecule has 1 heterocycles. The van der Waals surface area contributed by atoms with Crippen LogP contribution in [-0.2, 0) is 4.74 Å². The molecule has 0 radical (unpaired) electrons. The molecule has 2 heteroatoms. The zero-order valence-electron chi connectivity index (χ0n) is 10.6. The average Bonchev–Trinajstić information content (AvgIpc) is 2.66. The Kier molecular flexibility index (Phi) is 6.26. The van der Waals surface area contributed by atoms with Gasteiger partial charge >= 0.3 is 0 Å². The fourth-order valence-electron chi connectivity index (χ4n) is 2.06. The lowest BCUT2D eigenvalue weighted by Gasteiger charge is -2.16. The highest BCUT2D eigenvalue weighted by atomic mass is 16.5. The van der Waals surface area contributed by atoms with Crippen molar-refractivity contribution in [3.8, 4) is 0 Å². The van der Waals surface area contributed by atoms with Crippen LogP contribution in [0.25, 0.3) is 0 Å². The van der Waals surface area contributed by atoms with Gasteiger partial charge in [0.25, 0.3) is 0 Å². The lowest BCUT2D eigenvalue weighted by molar-refractivity contribution is 0.0986. The molecule has 0 aromatic carbocycles. The number of hydrogen-bond acceptors (Lipinski definition) is 2. The summed E-state index contributed by atoms with van der Waals surface area (Å²) in [5, 5.41) is 3.52. The summed E-state index contributed by atoms with van der Waals surface area (Å²) in [6, 6.07) is 0. The van der Waals surface area contributed by atoms with Crippen molar-refractivity contribution in [2.24, 2.45) is 11.8 Å². The van der Waals surface area contributed by atoms with Gasteiger partial charge in [-0.25, -0.2) is 0 Å². The van der Waals surface area contributed by atoms with Crippen molar-refractivity contribution in [2.75, 3.05) is 19.7 Å². The van der Waals surface area contributed by atoms with Gasteiger partial charge in [0.15, 0.2) is 0 Å². The first kappa shape index (κ1) is 13.0. The molecule has 0 amide bonds. The van der Waals surface area contributed by atoms with Crippen LogP contribution in [0.15, 0.2) is 0 Å². The molecule has 0 spiro atoms. The number of ether oxygens (including phenoxy) is 1. The van der Waals surface area contributed by atoms with Gasteiger partial charge in [-0.3, -0.25) is 0 Å². The van der Waals surface area contributed by atoms with Crippen molar-refractivity contribution >= 4 is 0 Å². The highest BCUT2D eigenvalue weighted by Gasteiger charge is 2.16. The molecule has 2 atom stereocenters. The molecule has 1 N–H and O–H groups in total. The molecule has 0 aliphatic carbocycles. The molecule has 0 aromatic rings. The van der Waals surface area contributed by atoms with Gasteiger partial charge < -0.3 is 10.1 Å². The molecule has 2 unspecified atom stereocenters. The Morgan fingerprint density at radius 1 is 1.27 bits per heavy atom. The first-order chi connectivity index (χ1) is 7.18. The number of rotatable bonds is 7. The molecule has 90 valence electrons. The van der Waals surface area contributed by atoms with E-state index in [0.29, 0.717) is 6.10 Å². The standard InChI is InChI=1S/C13H27NO/c1-11(2)9-14-10-12(3)6-7-13-5-4-8-15-13/h11-14H,4-10H2,1-3H3. The fourth-order valence-corrected chi connectivity index (χ4v) is 2.06. The van der Waals surface area contributed by atoms with Crippen molar-refractivity contribution in [2.45, 2.75) is 52.6 Å². The summed E-state index contributed by atoms with van der Waals surface area (Å²) in [7, 11) is 0. The second kappa shape index (κ2) is 7.24. The van der Waals surface area contributed by atoms with E-state index in [1.807, 2.05) is 0 Å². The Balaban J connectivity index is 1.95. The predicted molar refractivity (Wildman–Crippen MR) is 65.1 cm³/mol. The maximum Gasteiger partial charge on any atom is 0.0576 e. The minimum atomic E-state index is 0.567. The van der Waals surface area contributed by atoms with Gasteiger partial charge in [-0.1, -0.05) is 20.8 Å². The topological polar surface area (TPSA) is 21.3 Å². The third-order valence-corrected chi connectivity index (χ3v) is 3.05. The Bertz CT molecular complexity index is 153. The van der Waals surface area contributed by atoms with E-state index in [2.05, 4.69) is 26.1 Å². The minimum absolute atomic E-state index is 0.567. The SMILES string of the molecule is CC(C)CNCC(C)CCC1CCCO1. The van der Waals surface area contributed by atoms with E-state index in [4.69, 9.17) is 4.74 Å². The van der Waals surface area contributed by atoms with Crippen LogP contribution in [0, 0.1) is 11.8 Å². The molecular weight excluding hydrogens is 186 g/mol. The fraction of sp³-hybridized carbons (Fsp3) is 1.00. The summed E-state index contributed by atoms with van der Waals surface area (Å²) >= 11 is 0. The molecule has 0 aromatic heterocycles. The van der Waals surface area contributed by atoms with Gasteiger partial charge in [-0.05, 0) is 50.6 Å². The maximum absolute atomic E-state index is 5.63. The molecule has 1 aliphatic rings. The summed E-state index contributed by atoms with van der Waals surface area (Å²) in [5.74, 6) is 1.54. The van der Waals surface area contributed by atoms with Crippen LogP contribution >= 0.6 is 0 Å². The van der Waals surface area contributed by atoms with Crippen LogP contribution in [0.1, 0.15) is 46.5 Å². The van der Waals surface area contributed by atoms with Crippen LogP contribution < -0.4 is 5.32 Å². The third kappa shape index (κ3) is 6.16. The molecule has 1 aliphatic heterocycles. The van der Waals surface area contributed by atoms with Crippen LogP contribution in [0.2, 0.25) is 0 Å². The van der Waals surface area contributed by atoms with Crippen molar-refractivity contribution in [3.63, 3.8) is 0 Å². The van der Waals surface area contributed by atoms with Crippen molar-refractivity contribution in [1.29, 1.82) is 0 Å². The number of hydrogen-bond donors (Lipinski definition) is 1. The molecule has 1 saturated heterocycles. The normalized spacial score (nSPS) is 23.6. The summed E-state index contributed by atoms with van der Waals surface area (Å²) in [6.07, 6.45) is 5.68. The zero-order chi connectivity index (χ0) is 11.1. The number of nitrogens with one attached hydrogen (secondary N) is 1. The quantitative estimate of drug-likeness (QED) is 0.702. The predicted octanol–water partition coefficient (Wildman–Crippen LogP) is 2.83. The van der Waals surface area contributed by atoms with Gasteiger partial charge in [0, 0.05) is 6.61 Å². The van der Waals surface area contributed by atoms with Crippen LogP contribution in [0.3, 0.4) is 0 Å². The van der Waals surface area contributed by atoms with E-state index in [1.165, 1.54) is 25.7 Å². The molecule has 15 heavy (non-hydrogen) atoms. The highest BCUT2D eigenvalue weighted by molar-refractivity contribution is 4.67. The molecular formula is C13H27NO. The zero-order valence-corrected chi connectivity index (χ0v) is 10.6. The Morgan fingerprint density at radius 2 is 2.07 bits per heavy atom. The van der Waals surface area contributed by atoms with E-state index in [0.717, 1.165) is 31.5 Å². The summed E-state index contributed by atoms with van der Waals surface area (Å²) in [4.78, 5) is 0. The lowest BCUT2D eigenvalue weighted by Crippen LogP contribution is -2.25. The second-order valence-corrected chi connectivity index (χ2v) is 5.37. The van der Waals surface area contributed by atoms with Crippen LogP contribution in [-0.4, -0.2) is 25.8 Å². The van der Waals surface area contributed by atoms with E-state index >= 15 is 0 Å². The van der Waals surface area contributed by atoms with Crippen molar-refractivity contribution in [1.82, 2.24) is 5.32 Å². The summed E-state index contributed by atoms with van der Waals surface area (Å²) < 4.78 is 5.63. The minimum Gasteiger partial charge on any atom is -0.378 e. The van der Waals surface area contributed by atoms with E-state index < -0.39 is 0 Å². The van der Waals surface area contributed by atoms with E-state index in [9.17, 15) is 0 Å². The lowest BCUT2D eigenvalue weighted by atomic mass is 10.0. The Morgan fingerprint density at radius 3 is 2.67 bits per heavy atom. The van der Waals surface area contributed by atoms with Gasteiger partial charge in [0.1, 0.15) is 0 Å². The molecule has 0 saturated carbocycles. The average molecular weight is 213 g/mol. The monoisotopic (exact) mass is 213 g/mol. The summed E-state index contributed by atoms with van der Waals surface area (Å²) in [5.41, 5.74) is 0. The first-order valence-electron chi connectivity index (χ1n) is 6.50. The van der Waals surface area contributed by atoms with Gasteiger partial charge in [0.2, 0.25) is 0 Å². The van der Waals surface area contributed by atoms with Gasteiger partial charge in [-0.2, -0.15) is 0 Å². The van der Waals surface area contributed by atoms with Gasteiger partial charge in [0.05, 0.1) is 6.10 Å². The van der Waals surface area contributed by atoms with Gasteiger partial charge in [-0.15, -0.1) is 0 Å². The largest absolute Gasteiger partial charge is 0.378 e. The molecule has 2 nitrogen and oxygen atoms in total. The van der Waals surface area contributed by atoms with Crippen LogP contribution in [0.4, 0.5) is 0 Å². The van der Waals surface area contributed by atoms with Crippen molar-refractivity contribution in [3.05, 3.63) is 0 Å². The van der Waals surface area contributed by atoms with Crippen molar-refractivity contribution < 1.29 is 4.74 Å². The van der Waals surface area contributed by atoms with E-state index in [-0.39, 0.29) is 0 Å². The maximum atomic E-state index is 5.63. The molecule has 1 rings (SSSR count). The molecule has 0 bridgehead atoms. The molecule has 1 fully saturated rings. The van der Waals surface area contributed by atoms with E-state index in [1.54, 1.807) is 0 Å². The van der Waals surface area contributed by atoms with Crippen LogP contribution in [0.5, 0.6) is 0 Å². The smallest absolute Gasteiger partial charge is 0.0576 e. The second-order valence-electron chi connectivity index (χ2n) is 5.37.